The van der Waals surface area contributed by atoms with E-state index in [1.54, 1.807) is 7.11 Å². The van der Waals surface area contributed by atoms with E-state index in [0.29, 0.717) is 11.6 Å². The standard InChI is InChI=1S/C22H30N4OS2/c1-22(2)13-15(14-29)18-11-19(25-24-17-7-5-16(23)6-8-17)21(27-3)12-20(18)26(22)9-4-10-28/h5-8,11-12,15,28-29H,4,9-10,13-14,23H2,1-3H3. The van der Waals surface area contributed by atoms with Crippen LogP contribution >= 0.6 is 25.3 Å². The summed E-state index contributed by atoms with van der Waals surface area (Å²) < 4.78 is 5.67. The largest absolute Gasteiger partial charge is 0.494 e. The van der Waals surface area contributed by atoms with Gasteiger partial charge in [-0.05, 0) is 80.0 Å². The summed E-state index contributed by atoms with van der Waals surface area (Å²) in [5, 5.41) is 8.85. The number of nitrogens with zero attached hydrogens (tertiary/aromatic N) is 3. The lowest BCUT2D eigenvalue weighted by atomic mass is 9.79. The second-order valence-corrected chi connectivity index (χ2v) is 8.81. The van der Waals surface area contributed by atoms with Gasteiger partial charge in [0.1, 0.15) is 11.4 Å². The number of hydrogen-bond acceptors (Lipinski definition) is 7. The first-order chi connectivity index (χ1) is 13.9. The summed E-state index contributed by atoms with van der Waals surface area (Å²) in [6.07, 6.45) is 2.06. The van der Waals surface area contributed by atoms with Crippen molar-refractivity contribution >= 4 is 48.0 Å². The van der Waals surface area contributed by atoms with Crippen LogP contribution in [0.4, 0.5) is 22.7 Å². The molecule has 0 spiro atoms. The Hall–Kier alpha value is -1.86. The summed E-state index contributed by atoms with van der Waals surface area (Å²) in [6, 6.07) is 11.5. The van der Waals surface area contributed by atoms with Gasteiger partial charge in [0.25, 0.3) is 0 Å². The van der Waals surface area contributed by atoms with Gasteiger partial charge in [-0.15, -0.1) is 5.11 Å². The summed E-state index contributed by atoms with van der Waals surface area (Å²) in [4.78, 5) is 2.47. The van der Waals surface area contributed by atoms with Crippen LogP contribution in [-0.2, 0) is 0 Å². The van der Waals surface area contributed by atoms with Crippen molar-refractivity contribution < 1.29 is 4.74 Å². The van der Waals surface area contributed by atoms with Crippen LogP contribution in [0.5, 0.6) is 5.75 Å². The molecular formula is C22H30N4OS2. The van der Waals surface area contributed by atoms with E-state index in [1.165, 1.54) is 11.3 Å². The minimum Gasteiger partial charge on any atom is -0.494 e. The molecule has 0 bridgehead atoms. The summed E-state index contributed by atoms with van der Waals surface area (Å²) in [6.45, 7) is 5.55. The quantitative estimate of drug-likeness (QED) is 0.286. The molecule has 2 aromatic rings. The van der Waals surface area contributed by atoms with Crippen LogP contribution in [0.1, 0.15) is 38.2 Å². The van der Waals surface area contributed by atoms with Crippen LogP contribution in [0.2, 0.25) is 0 Å². The Labute approximate surface area is 184 Å². The number of hydrogen-bond donors (Lipinski definition) is 3. The van der Waals surface area contributed by atoms with Crippen LogP contribution < -0.4 is 15.4 Å². The molecule has 2 N–H and O–H groups in total. The maximum Gasteiger partial charge on any atom is 0.148 e. The van der Waals surface area contributed by atoms with Crippen molar-refractivity contribution in [2.24, 2.45) is 10.2 Å². The second-order valence-electron chi connectivity index (χ2n) is 8.00. The van der Waals surface area contributed by atoms with Crippen LogP contribution in [-0.4, -0.2) is 30.7 Å². The van der Waals surface area contributed by atoms with Gasteiger partial charge in [0, 0.05) is 29.5 Å². The lowest BCUT2D eigenvalue weighted by Crippen LogP contribution is -2.49. The van der Waals surface area contributed by atoms with E-state index < -0.39 is 0 Å². The fraction of sp³-hybridized carbons (Fsp3) is 0.455. The molecule has 5 nitrogen and oxygen atoms in total. The maximum absolute atomic E-state index is 5.75. The van der Waals surface area contributed by atoms with Gasteiger partial charge in [-0.3, -0.25) is 0 Å². The summed E-state index contributed by atoms with van der Waals surface area (Å²) in [5.74, 6) is 2.72. The van der Waals surface area contributed by atoms with E-state index in [2.05, 4.69) is 66.4 Å². The molecule has 2 aromatic carbocycles. The number of nitrogen functional groups attached to an aromatic ring is 1. The minimum absolute atomic E-state index is 0.0430. The molecule has 0 fully saturated rings. The normalized spacial score (nSPS) is 18.1. The monoisotopic (exact) mass is 430 g/mol. The highest BCUT2D eigenvalue weighted by Gasteiger charge is 2.38. The van der Waals surface area contributed by atoms with E-state index in [-0.39, 0.29) is 5.54 Å². The number of benzene rings is 2. The molecule has 0 aliphatic carbocycles. The van der Waals surface area contributed by atoms with Gasteiger partial charge in [0.05, 0.1) is 12.8 Å². The lowest BCUT2D eigenvalue weighted by molar-refractivity contribution is 0.375. The Bertz CT molecular complexity index is 868. The summed E-state index contributed by atoms with van der Waals surface area (Å²) in [7, 11) is 1.67. The molecule has 0 aromatic heterocycles. The van der Waals surface area contributed by atoms with Crippen LogP contribution in [0, 0.1) is 0 Å². The zero-order valence-electron chi connectivity index (χ0n) is 17.3. The molecule has 0 saturated carbocycles. The van der Waals surface area contributed by atoms with Gasteiger partial charge in [0.15, 0.2) is 0 Å². The van der Waals surface area contributed by atoms with Crippen molar-refractivity contribution in [3.63, 3.8) is 0 Å². The topological polar surface area (TPSA) is 63.2 Å². The first-order valence-corrected chi connectivity index (χ1v) is 11.1. The average molecular weight is 431 g/mol. The smallest absolute Gasteiger partial charge is 0.148 e. The lowest BCUT2D eigenvalue weighted by Gasteiger charge is -2.48. The van der Waals surface area contributed by atoms with E-state index >= 15 is 0 Å². The number of methoxy groups -OCH3 is 1. The molecule has 3 rings (SSSR count). The number of thiol groups is 2. The predicted molar refractivity (Wildman–Crippen MR) is 129 cm³/mol. The Morgan fingerprint density at radius 1 is 1.17 bits per heavy atom. The first kappa shape index (κ1) is 21.8. The molecule has 1 aliphatic rings. The molecule has 1 unspecified atom stereocenters. The summed E-state index contributed by atoms with van der Waals surface area (Å²) in [5.41, 5.74) is 10.4. The molecule has 156 valence electrons. The van der Waals surface area contributed by atoms with E-state index in [0.717, 1.165) is 48.0 Å². The molecule has 7 heteroatoms. The zero-order valence-corrected chi connectivity index (χ0v) is 19.1. The van der Waals surface area contributed by atoms with E-state index in [1.807, 2.05) is 24.3 Å². The number of anilines is 2. The third kappa shape index (κ3) is 4.83. The third-order valence-electron chi connectivity index (χ3n) is 5.46. The zero-order chi connectivity index (χ0) is 21.0. The van der Waals surface area contributed by atoms with Gasteiger partial charge >= 0.3 is 0 Å². The van der Waals surface area contributed by atoms with Crippen molar-refractivity contribution in [3.05, 3.63) is 42.0 Å². The number of nitrogens with two attached hydrogens (primary N) is 1. The SMILES string of the molecule is COc1cc2c(cc1N=Nc1ccc(N)cc1)C(CS)CC(C)(C)N2CCCS. The first-order valence-electron chi connectivity index (χ1n) is 9.88. The predicted octanol–water partition coefficient (Wildman–Crippen LogP) is 6.01. The molecule has 1 aliphatic heterocycles. The van der Waals surface area contributed by atoms with Crippen molar-refractivity contribution in [1.82, 2.24) is 0 Å². The highest BCUT2D eigenvalue weighted by atomic mass is 32.1. The molecule has 0 amide bonds. The Kier molecular flexibility index (Phi) is 7.01. The van der Waals surface area contributed by atoms with Gasteiger partial charge in [-0.2, -0.15) is 30.4 Å². The highest BCUT2D eigenvalue weighted by molar-refractivity contribution is 7.80. The molecule has 29 heavy (non-hydrogen) atoms. The van der Waals surface area contributed by atoms with Crippen LogP contribution in [0.15, 0.2) is 46.6 Å². The number of fused-ring (bicyclic) bond motifs is 1. The van der Waals surface area contributed by atoms with Crippen molar-refractivity contribution in [3.8, 4) is 5.75 Å². The minimum atomic E-state index is 0.0430. The van der Waals surface area contributed by atoms with Gasteiger partial charge in [-0.25, -0.2) is 0 Å². The van der Waals surface area contributed by atoms with Gasteiger partial charge in [0.2, 0.25) is 0 Å². The van der Waals surface area contributed by atoms with E-state index in [9.17, 15) is 0 Å². The Balaban J connectivity index is 2.04. The molecule has 1 heterocycles. The molecular weight excluding hydrogens is 400 g/mol. The van der Waals surface area contributed by atoms with Crippen LogP contribution in [0.25, 0.3) is 0 Å². The van der Waals surface area contributed by atoms with Crippen molar-refractivity contribution in [2.75, 3.05) is 35.8 Å². The highest BCUT2D eigenvalue weighted by Crippen LogP contribution is 2.48. The molecule has 1 atom stereocenters. The Morgan fingerprint density at radius 3 is 2.52 bits per heavy atom. The third-order valence-corrected chi connectivity index (χ3v) is 6.22. The molecule has 0 saturated heterocycles. The van der Waals surface area contributed by atoms with Gasteiger partial charge in [-0.1, -0.05) is 0 Å². The number of rotatable bonds is 7. The maximum atomic E-state index is 5.75. The fourth-order valence-corrected chi connectivity index (χ4v) is 4.46. The second kappa shape index (κ2) is 9.30. The molecule has 0 radical (unpaired) electrons. The average Bonchev–Trinajstić information content (AvgIpc) is 2.71. The fourth-order valence-electron chi connectivity index (χ4n) is 3.99. The van der Waals surface area contributed by atoms with E-state index in [4.69, 9.17) is 10.5 Å². The van der Waals surface area contributed by atoms with Crippen molar-refractivity contribution in [2.45, 2.75) is 38.1 Å². The van der Waals surface area contributed by atoms with Crippen molar-refractivity contribution in [1.29, 1.82) is 0 Å². The number of ether oxygens (including phenoxy) is 1. The summed E-state index contributed by atoms with van der Waals surface area (Å²) >= 11 is 9.05. The van der Waals surface area contributed by atoms with Crippen LogP contribution in [0.3, 0.4) is 0 Å². The Morgan fingerprint density at radius 2 is 1.90 bits per heavy atom. The number of azo groups is 1. The van der Waals surface area contributed by atoms with Gasteiger partial charge < -0.3 is 15.4 Å².